The van der Waals surface area contributed by atoms with Crippen molar-refractivity contribution in [3.8, 4) is 5.75 Å². The summed E-state index contributed by atoms with van der Waals surface area (Å²) in [6.07, 6.45) is 4.80. The van der Waals surface area contributed by atoms with Gasteiger partial charge in [-0.25, -0.2) is 0 Å². The zero-order chi connectivity index (χ0) is 22.1. The van der Waals surface area contributed by atoms with Crippen LogP contribution in [-0.4, -0.2) is 67.7 Å². The predicted octanol–water partition coefficient (Wildman–Crippen LogP) is 2.31. The number of benzene rings is 1. The second kappa shape index (κ2) is 11.7. The molecule has 2 heterocycles. The maximum Gasteiger partial charge on any atom is 0.308 e. The molecule has 1 N–H and O–H groups in total. The van der Waals surface area contributed by atoms with Crippen LogP contribution in [0.3, 0.4) is 0 Å². The number of hydrogen-bond acceptors (Lipinski definition) is 6. The quantitative estimate of drug-likeness (QED) is 0.450. The van der Waals surface area contributed by atoms with Crippen LogP contribution in [0.15, 0.2) is 24.3 Å². The van der Waals surface area contributed by atoms with Crippen molar-refractivity contribution < 1.29 is 28.6 Å². The van der Waals surface area contributed by atoms with E-state index in [1.54, 1.807) is 24.3 Å². The Morgan fingerprint density at radius 1 is 1.23 bits per heavy atom. The van der Waals surface area contributed by atoms with E-state index in [-0.39, 0.29) is 30.9 Å². The summed E-state index contributed by atoms with van der Waals surface area (Å²) in [4.78, 5) is 39.2. The average molecular weight is 433 g/mol. The van der Waals surface area contributed by atoms with Crippen molar-refractivity contribution in [2.24, 2.45) is 0 Å². The molecule has 2 amide bonds. The van der Waals surface area contributed by atoms with Crippen molar-refractivity contribution in [3.05, 3.63) is 29.8 Å². The van der Waals surface area contributed by atoms with Gasteiger partial charge in [0.1, 0.15) is 18.4 Å². The molecule has 0 radical (unpaired) electrons. The maximum absolute atomic E-state index is 13.0. The summed E-state index contributed by atoms with van der Waals surface area (Å²) in [5.41, 5.74) is 0.452. The smallest absolute Gasteiger partial charge is 0.308 e. The third-order valence-corrected chi connectivity index (χ3v) is 5.52. The number of hydrogen-bond donors (Lipinski definition) is 1. The third-order valence-electron chi connectivity index (χ3n) is 5.52. The lowest BCUT2D eigenvalue weighted by Crippen LogP contribution is -2.57. The van der Waals surface area contributed by atoms with Gasteiger partial charge in [-0.3, -0.25) is 14.4 Å². The molecule has 31 heavy (non-hydrogen) atoms. The van der Waals surface area contributed by atoms with Gasteiger partial charge in [0.2, 0.25) is 5.91 Å². The molecule has 2 unspecified atom stereocenters. The molecule has 2 saturated heterocycles. The molecule has 8 nitrogen and oxygen atoms in total. The van der Waals surface area contributed by atoms with Crippen LogP contribution >= 0.6 is 0 Å². The lowest BCUT2D eigenvalue weighted by molar-refractivity contribution is -0.150. The van der Waals surface area contributed by atoms with Crippen molar-refractivity contribution >= 4 is 17.8 Å². The number of amides is 2. The SMILES string of the molecule is CCCCCOc1ccc(C(=O)N2CCNC(=O)C2CC(=O)OCC2CCCO2)cc1. The van der Waals surface area contributed by atoms with Crippen LogP contribution in [0.4, 0.5) is 0 Å². The van der Waals surface area contributed by atoms with Crippen molar-refractivity contribution in [1.82, 2.24) is 10.2 Å². The Labute approximate surface area is 183 Å². The highest BCUT2D eigenvalue weighted by atomic mass is 16.6. The van der Waals surface area contributed by atoms with Gasteiger partial charge in [0.25, 0.3) is 5.91 Å². The second-order valence-electron chi connectivity index (χ2n) is 7.91. The highest BCUT2D eigenvalue weighted by Gasteiger charge is 2.35. The topological polar surface area (TPSA) is 94.2 Å². The molecule has 8 heteroatoms. The highest BCUT2D eigenvalue weighted by molar-refractivity contribution is 5.99. The van der Waals surface area contributed by atoms with Gasteiger partial charge >= 0.3 is 5.97 Å². The van der Waals surface area contributed by atoms with Crippen molar-refractivity contribution in [3.63, 3.8) is 0 Å². The molecular weight excluding hydrogens is 400 g/mol. The number of rotatable bonds is 10. The standard InChI is InChI=1S/C23H32N2O6/c1-2-3-4-13-29-18-9-7-17(8-10-18)23(28)25-12-11-24-22(27)20(25)15-21(26)31-16-19-6-5-14-30-19/h7-10,19-20H,2-6,11-16H2,1H3,(H,24,27). The summed E-state index contributed by atoms with van der Waals surface area (Å²) in [6.45, 7) is 4.33. The molecule has 1 aromatic rings. The van der Waals surface area contributed by atoms with Crippen LogP contribution in [0.2, 0.25) is 0 Å². The van der Waals surface area contributed by atoms with Gasteiger partial charge in [-0.2, -0.15) is 0 Å². The number of nitrogens with one attached hydrogen (secondary N) is 1. The molecule has 2 aliphatic heterocycles. The van der Waals surface area contributed by atoms with Gasteiger partial charge in [0.05, 0.1) is 19.1 Å². The Hall–Kier alpha value is -2.61. The molecule has 2 atom stereocenters. The Balaban J connectivity index is 1.56. The first kappa shape index (κ1) is 23.1. The summed E-state index contributed by atoms with van der Waals surface area (Å²) < 4.78 is 16.4. The first-order chi connectivity index (χ1) is 15.1. The first-order valence-electron chi connectivity index (χ1n) is 11.2. The number of nitrogens with zero attached hydrogens (tertiary/aromatic N) is 1. The van der Waals surface area contributed by atoms with E-state index in [0.29, 0.717) is 37.6 Å². The van der Waals surface area contributed by atoms with Crippen LogP contribution in [0.5, 0.6) is 5.75 Å². The lowest BCUT2D eigenvalue weighted by atomic mass is 10.1. The van der Waals surface area contributed by atoms with Crippen LogP contribution in [-0.2, 0) is 19.1 Å². The molecule has 2 fully saturated rings. The molecule has 1 aromatic carbocycles. The number of ether oxygens (including phenoxy) is 3. The van der Waals surface area contributed by atoms with E-state index >= 15 is 0 Å². The summed E-state index contributed by atoms with van der Waals surface area (Å²) in [5.74, 6) is -0.432. The van der Waals surface area contributed by atoms with Crippen LogP contribution < -0.4 is 10.1 Å². The van der Waals surface area contributed by atoms with Crippen LogP contribution in [0, 0.1) is 0 Å². The molecule has 2 aliphatic rings. The fourth-order valence-electron chi connectivity index (χ4n) is 3.74. The zero-order valence-corrected chi connectivity index (χ0v) is 18.1. The molecule has 0 bridgehead atoms. The van der Waals surface area contributed by atoms with E-state index in [9.17, 15) is 14.4 Å². The number of piperazine rings is 1. The van der Waals surface area contributed by atoms with E-state index < -0.39 is 12.0 Å². The summed E-state index contributed by atoms with van der Waals surface area (Å²) in [5, 5.41) is 2.73. The van der Waals surface area contributed by atoms with Gasteiger partial charge in [0, 0.05) is 25.3 Å². The minimum absolute atomic E-state index is 0.0791. The minimum Gasteiger partial charge on any atom is -0.494 e. The molecule has 0 saturated carbocycles. The first-order valence-corrected chi connectivity index (χ1v) is 11.2. The van der Waals surface area contributed by atoms with E-state index in [1.807, 2.05) is 0 Å². The molecule has 0 aromatic heterocycles. The maximum atomic E-state index is 13.0. The monoisotopic (exact) mass is 432 g/mol. The second-order valence-corrected chi connectivity index (χ2v) is 7.91. The lowest BCUT2D eigenvalue weighted by Gasteiger charge is -2.34. The van der Waals surface area contributed by atoms with E-state index in [1.165, 1.54) is 4.90 Å². The number of esters is 1. The summed E-state index contributed by atoms with van der Waals surface area (Å²) in [7, 11) is 0. The van der Waals surface area contributed by atoms with E-state index in [0.717, 1.165) is 32.1 Å². The highest BCUT2D eigenvalue weighted by Crippen LogP contribution is 2.19. The summed E-state index contributed by atoms with van der Waals surface area (Å²) in [6, 6.07) is 6.01. The normalized spacial score (nSPS) is 20.9. The predicted molar refractivity (Wildman–Crippen MR) is 114 cm³/mol. The zero-order valence-electron chi connectivity index (χ0n) is 18.1. The number of unbranched alkanes of at least 4 members (excludes halogenated alkanes) is 2. The van der Waals surface area contributed by atoms with Gasteiger partial charge in [-0.05, 0) is 43.5 Å². The van der Waals surface area contributed by atoms with Gasteiger partial charge in [0.15, 0.2) is 0 Å². The van der Waals surface area contributed by atoms with E-state index in [4.69, 9.17) is 14.2 Å². The third kappa shape index (κ3) is 6.69. The van der Waals surface area contributed by atoms with Gasteiger partial charge in [-0.1, -0.05) is 19.8 Å². The number of carbonyl (C=O) groups excluding carboxylic acids is 3. The fraction of sp³-hybridized carbons (Fsp3) is 0.609. The van der Waals surface area contributed by atoms with Gasteiger partial charge < -0.3 is 24.4 Å². The Kier molecular flexibility index (Phi) is 8.70. The van der Waals surface area contributed by atoms with Crippen LogP contribution in [0.1, 0.15) is 55.8 Å². The van der Waals surface area contributed by atoms with Crippen LogP contribution in [0.25, 0.3) is 0 Å². The Morgan fingerprint density at radius 3 is 2.74 bits per heavy atom. The largest absolute Gasteiger partial charge is 0.494 e. The molecule has 0 aliphatic carbocycles. The molecular formula is C23H32N2O6. The molecule has 170 valence electrons. The Morgan fingerprint density at radius 2 is 2.03 bits per heavy atom. The average Bonchev–Trinajstić information content (AvgIpc) is 3.30. The van der Waals surface area contributed by atoms with Crippen molar-refractivity contribution in [1.29, 1.82) is 0 Å². The van der Waals surface area contributed by atoms with Crippen molar-refractivity contribution in [2.45, 2.75) is 57.6 Å². The van der Waals surface area contributed by atoms with Crippen molar-refractivity contribution in [2.75, 3.05) is 32.9 Å². The van der Waals surface area contributed by atoms with E-state index in [2.05, 4.69) is 12.2 Å². The summed E-state index contributed by atoms with van der Waals surface area (Å²) >= 11 is 0. The molecule has 0 spiro atoms. The fourth-order valence-corrected chi connectivity index (χ4v) is 3.74. The molecule has 3 rings (SSSR count). The minimum atomic E-state index is -0.886. The number of carbonyl (C=O) groups is 3. The Bertz CT molecular complexity index is 745. The van der Waals surface area contributed by atoms with Gasteiger partial charge in [-0.15, -0.1) is 0 Å².